The summed E-state index contributed by atoms with van der Waals surface area (Å²) in [6, 6.07) is 1.80. The molecule has 2 heterocycles. The lowest BCUT2D eigenvalue weighted by molar-refractivity contribution is 0.575. The Labute approximate surface area is 82.6 Å². The largest absolute Gasteiger partial charge is 0.384 e. The van der Waals surface area contributed by atoms with Gasteiger partial charge < -0.3 is 10.7 Å². The topological polar surface area (TPSA) is 67.6 Å². The van der Waals surface area contributed by atoms with Crippen molar-refractivity contribution in [1.82, 2.24) is 15.0 Å². The highest BCUT2D eigenvalue weighted by Gasteiger charge is 2.20. The van der Waals surface area contributed by atoms with E-state index in [1.54, 1.807) is 12.4 Å². The van der Waals surface area contributed by atoms with Gasteiger partial charge in [-0.3, -0.25) is 0 Å². The summed E-state index contributed by atoms with van der Waals surface area (Å²) in [6.07, 6.45) is 1.67. The SMILES string of the molecule is CC(C)(C)c1nc(N)cc2[nH]cnc12. The van der Waals surface area contributed by atoms with Gasteiger partial charge in [0.05, 0.1) is 17.5 Å². The number of aromatic nitrogens is 3. The molecule has 0 aliphatic heterocycles. The molecule has 0 fully saturated rings. The van der Waals surface area contributed by atoms with Crippen molar-refractivity contribution in [3.8, 4) is 0 Å². The number of hydrogen-bond acceptors (Lipinski definition) is 3. The number of hydrogen-bond donors (Lipinski definition) is 2. The first-order valence-electron chi connectivity index (χ1n) is 4.58. The molecule has 0 aliphatic carbocycles. The van der Waals surface area contributed by atoms with Crippen LogP contribution in [-0.4, -0.2) is 15.0 Å². The van der Waals surface area contributed by atoms with Crippen molar-refractivity contribution in [3.05, 3.63) is 18.1 Å². The molecular weight excluding hydrogens is 176 g/mol. The Morgan fingerprint density at radius 1 is 1.36 bits per heavy atom. The lowest BCUT2D eigenvalue weighted by Crippen LogP contribution is -2.15. The quantitative estimate of drug-likeness (QED) is 0.666. The van der Waals surface area contributed by atoms with Crippen molar-refractivity contribution >= 4 is 16.9 Å². The van der Waals surface area contributed by atoms with Crippen LogP contribution in [0.4, 0.5) is 5.82 Å². The van der Waals surface area contributed by atoms with Gasteiger partial charge in [-0.05, 0) is 0 Å². The first-order valence-corrected chi connectivity index (χ1v) is 4.58. The summed E-state index contributed by atoms with van der Waals surface area (Å²) in [7, 11) is 0. The van der Waals surface area contributed by atoms with E-state index < -0.39 is 0 Å². The molecule has 0 spiro atoms. The van der Waals surface area contributed by atoms with E-state index in [-0.39, 0.29) is 5.41 Å². The van der Waals surface area contributed by atoms with Crippen LogP contribution in [0.1, 0.15) is 26.5 Å². The maximum absolute atomic E-state index is 5.72. The molecule has 0 atom stereocenters. The Morgan fingerprint density at radius 3 is 2.71 bits per heavy atom. The molecule has 0 bridgehead atoms. The smallest absolute Gasteiger partial charge is 0.125 e. The Balaban J connectivity index is 2.80. The summed E-state index contributed by atoms with van der Waals surface area (Å²) in [6.45, 7) is 6.30. The fourth-order valence-corrected chi connectivity index (χ4v) is 1.49. The number of imidazole rings is 1. The van der Waals surface area contributed by atoms with Crippen LogP contribution >= 0.6 is 0 Å². The van der Waals surface area contributed by atoms with Gasteiger partial charge in [0.15, 0.2) is 0 Å². The number of anilines is 1. The zero-order chi connectivity index (χ0) is 10.3. The number of nitrogens with zero attached hydrogens (tertiary/aromatic N) is 2. The van der Waals surface area contributed by atoms with Crippen molar-refractivity contribution in [1.29, 1.82) is 0 Å². The van der Waals surface area contributed by atoms with Gasteiger partial charge in [-0.15, -0.1) is 0 Å². The van der Waals surface area contributed by atoms with E-state index in [4.69, 9.17) is 5.73 Å². The van der Waals surface area contributed by atoms with Gasteiger partial charge >= 0.3 is 0 Å². The highest BCUT2D eigenvalue weighted by atomic mass is 14.9. The number of aromatic amines is 1. The molecule has 4 nitrogen and oxygen atoms in total. The monoisotopic (exact) mass is 190 g/mol. The summed E-state index contributed by atoms with van der Waals surface area (Å²) < 4.78 is 0. The normalized spacial score (nSPS) is 12.2. The zero-order valence-corrected chi connectivity index (χ0v) is 8.63. The van der Waals surface area contributed by atoms with E-state index in [0.29, 0.717) is 5.82 Å². The molecule has 4 heteroatoms. The molecule has 0 saturated heterocycles. The predicted octanol–water partition coefficient (Wildman–Crippen LogP) is 1.84. The van der Waals surface area contributed by atoms with Crippen LogP contribution in [0, 0.1) is 0 Å². The van der Waals surface area contributed by atoms with E-state index in [0.717, 1.165) is 16.7 Å². The Hall–Kier alpha value is -1.58. The third kappa shape index (κ3) is 1.32. The van der Waals surface area contributed by atoms with E-state index in [9.17, 15) is 0 Å². The molecule has 2 aromatic rings. The number of rotatable bonds is 0. The van der Waals surface area contributed by atoms with Gasteiger partial charge in [-0.2, -0.15) is 0 Å². The van der Waals surface area contributed by atoms with Gasteiger partial charge in [-0.25, -0.2) is 9.97 Å². The number of nitrogens with one attached hydrogen (secondary N) is 1. The second-order valence-corrected chi connectivity index (χ2v) is 4.44. The lowest BCUT2D eigenvalue weighted by atomic mass is 9.91. The second-order valence-electron chi connectivity index (χ2n) is 4.44. The Morgan fingerprint density at radius 2 is 2.07 bits per heavy atom. The van der Waals surface area contributed by atoms with Gasteiger partial charge in [0.1, 0.15) is 11.3 Å². The van der Waals surface area contributed by atoms with Gasteiger partial charge in [0, 0.05) is 11.5 Å². The fourth-order valence-electron chi connectivity index (χ4n) is 1.49. The number of nitrogens with two attached hydrogens (primary N) is 1. The molecule has 74 valence electrons. The first kappa shape index (κ1) is 8.99. The van der Waals surface area contributed by atoms with Crippen LogP contribution in [-0.2, 0) is 5.41 Å². The molecule has 0 unspecified atom stereocenters. The minimum Gasteiger partial charge on any atom is -0.384 e. The third-order valence-corrected chi connectivity index (χ3v) is 2.14. The van der Waals surface area contributed by atoms with E-state index >= 15 is 0 Å². The van der Waals surface area contributed by atoms with E-state index in [2.05, 4.69) is 35.7 Å². The standard InChI is InChI=1S/C10H14N4/c1-10(2,3)9-8-6(12-5-13-8)4-7(11)14-9/h4-5H,1-3H3,(H2,11,14)(H,12,13). The molecule has 0 saturated carbocycles. The number of pyridine rings is 1. The molecular formula is C10H14N4. The van der Waals surface area contributed by atoms with Crippen molar-refractivity contribution < 1.29 is 0 Å². The van der Waals surface area contributed by atoms with Crippen molar-refractivity contribution in [2.75, 3.05) is 5.73 Å². The van der Waals surface area contributed by atoms with Crippen LogP contribution in [0.3, 0.4) is 0 Å². The third-order valence-electron chi connectivity index (χ3n) is 2.14. The maximum atomic E-state index is 5.72. The molecule has 0 amide bonds. The zero-order valence-electron chi connectivity index (χ0n) is 8.63. The maximum Gasteiger partial charge on any atom is 0.125 e. The first-order chi connectivity index (χ1) is 6.48. The van der Waals surface area contributed by atoms with Gasteiger partial charge in [0.2, 0.25) is 0 Å². The molecule has 3 N–H and O–H groups in total. The molecule has 2 aromatic heterocycles. The number of H-pyrrole nitrogens is 1. The molecule has 14 heavy (non-hydrogen) atoms. The average Bonchev–Trinajstić information content (AvgIpc) is 2.47. The number of fused-ring (bicyclic) bond motifs is 1. The minimum atomic E-state index is -0.0389. The summed E-state index contributed by atoms with van der Waals surface area (Å²) in [5.41, 5.74) is 8.48. The summed E-state index contributed by atoms with van der Waals surface area (Å²) in [5, 5.41) is 0. The van der Waals surface area contributed by atoms with Crippen LogP contribution in [0.2, 0.25) is 0 Å². The van der Waals surface area contributed by atoms with Crippen LogP contribution in [0.25, 0.3) is 11.0 Å². The lowest BCUT2D eigenvalue weighted by Gasteiger charge is -2.18. The average molecular weight is 190 g/mol. The highest BCUT2D eigenvalue weighted by Crippen LogP contribution is 2.27. The van der Waals surface area contributed by atoms with Gasteiger partial charge in [0.25, 0.3) is 0 Å². The molecule has 0 radical (unpaired) electrons. The summed E-state index contributed by atoms with van der Waals surface area (Å²) >= 11 is 0. The highest BCUT2D eigenvalue weighted by molar-refractivity contribution is 5.80. The van der Waals surface area contributed by atoms with Crippen molar-refractivity contribution in [2.24, 2.45) is 0 Å². The van der Waals surface area contributed by atoms with Crippen LogP contribution in [0.5, 0.6) is 0 Å². The van der Waals surface area contributed by atoms with Gasteiger partial charge in [-0.1, -0.05) is 20.8 Å². The predicted molar refractivity (Wildman–Crippen MR) is 57.0 cm³/mol. The minimum absolute atomic E-state index is 0.0389. The van der Waals surface area contributed by atoms with Crippen molar-refractivity contribution in [3.63, 3.8) is 0 Å². The fraction of sp³-hybridized carbons (Fsp3) is 0.400. The van der Waals surface area contributed by atoms with Crippen molar-refractivity contribution in [2.45, 2.75) is 26.2 Å². The van der Waals surface area contributed by atoms with Crippen LogP contribution in [0.15, 0.2) is 12.4 Å². The van der Waals surface area contributed by atoms with Crippen LogP contribution < -0.4 is 5.73 Å². The molecule has 0 aliphatic rings. The summed E-state index contributed by atoms with van der Waals surface area (Å²) in [4.78, 5) is 11.6. The molecule has 2 rings (SSSR count). The number of nitrogen functional groups attached to an aromatic ring is 1. The Kier molecular flexibility index (Phi) is 1.74. The van der Waals surface area contributed by atoms with E-state index in [1.807, 2.05) is 0 Å². The Bertz CT molecular complexity index is 464. The second kappa shape index (κ2) is 2.70. The summed E-state index contributed by atoms with van der Waals surface area (Å²) in [5.74, 6) is 0.534. The molecule has 0 aromatic carbocycles. The van der Waals surface area contributed by atoms with E-state index in [1.165, 1.54) is 0 Å².